The highest BCUT2D eigenvalue weighted by Gasteiger charge is 2.31. The first-order valence-corrected chi connectivity index (χ1v) is 24.7. The van der Waals surface area contributed by atoms with E-state index in [1.165, 1.54) is 62.1 Å². The number of alkyl halides is 1. The molecule has 0 heterocycles. The minimum absolute atomic E-state index is 0.00507. The van der Waals surface area contributed by atoms with Crippen LogP contribution in [0.25, 0.3) is 0 Å². The molecule has 0 aliphatic rings. The van der Waals surface area contributed by atoms with Gasteiger partial charge in [-0.05, 0) is 124 Å². The van der Waals surface area contributed by atoms with Crippen molar-refractivity contribution >= 4 is 122 Å². The average Bonchev–Trinajstić information content (AvgIpc) is 3.43. The number of anilines is 4. The number of carboxylic acid groups (broad SMARTS) is 3. The van der Waals surface area contributed by atoms with Gasteiger partial charge in [0.2, 0.25) is 5.91 Å². The highest BCUT2D eigenvalue weighted by Crippen LogP contribution is 2.31. The maximum Gasteiger partial charge on any atom is 0.326 e. The minimum atomic E-state index is -1.18. The maximum absolute atomic E-state index is 13.3. The number of nitrogens with zero attached hydrogens (tertiary/aromatic N) is 3. The minimum Gasteiger partial charge on any atom is -0.480 e. The van der Waals surface area contributed by atoms with Crippen LogP contribution in [-0.2, 0) is 19.2 Å². The molecule has 0 fully saturated rings. The molecule has 3 atom stereocenters. The number of carbonyl (C=O) groups excluding carboxylic acids is 4. The number of nitrogens with one attached hydrogen (secondary N) is 1. The Kier molecular flexibility index (Phi) is 24.1. The molecule has 0 radical (unpaired) electrons. The van der Waals surface area contributed by atoms with E-state index in [9.17, 15) is 57.7 Å². The van der Waals surface area contributed by atoms with Gasteiger partial charge in [0, 0.05) is 39.4 Å². The quantitative estimate of drug-likeness (QED) is 0.0759. The summed E-state index contributed by atoms with van der Waals surface area (Å²) in [5.41, 5.74) is 2.63. The largest absolute Gasteiger partial charge is 0.480 e. The van der Waals surface area contributed by atoms with Gasteiger partial charge < -0.3 is 20.6 Å². The topological polar surface area (TPSA) is 202 Å². The Morgan fingerprint density at radius 1 is 0.429 bits per heavy atom. The summed E-state index contributed by atoms with van der Waals surface area (Å²) in [5.74, 6) is -6.36. The van der Waals surface area contributed by atoms with Crippen LogP contribution in [0.4, 0.5) is 31.5 Å². The van der Waals surface area contributed by atoms with Gasteiger partial charge >= 0.3 is 17.9 Å². The van der Waals surface area contributed by atoms with E-state index in [1.807, 2.05) is 30.3 Å². The summed E-state index contributed by atoms with van der Waals surface area (Å²) in [4.78, 5) is 85.9. The molecule has 0 saturated heterocycles. The Labute approximate surface area is 466 Å². The number of hydrogen-bond donors (Lipinski definition) is 4. The van der Waals surface area contributed by atoms with Crippen molar-refractivity contribution in [3.63, 3.8) is 0 Å². The molecule has 400 valence electrons. The van der Waals surface area contributed by atoms with Crippen LogP contribution in [0.5, 0.6) is 0 Å². The lowest BCUT2D eigenvalue weighted by Gasteiger charge is -2.27. The second-order valence-electron chi connectivity index (χ2n) is 16.0. The van der Waals surface area contributed by atoms with Gasteiger partial charge in [-0.3, -0.25) is 33.9 Å². The second kappa shape index (κ2) is 30.0. The number of hydrogen-bond acceptors (Lipinski definition) is 7. The van der Waals surface area contributed by atoms with Crippen molar-refractivity contribution in [2.75, 3.05) is 25.9 Å². The summed E-state index contributed by atoms with van der Waals surface area (Å²) in [6.45, 7) is 4.19. The number of amides is 4. The number of benzene rings is 7. The summed E-state index contributed by atoms with van der Waals surface area (Å²) in [6.07, 6.45) is 0. The molecule has 0 aliphatic carbocycles. The van der Waals surface area contributed by atoms with Gasteiger partial charge in [0.05, 0.1) is 20.1 Å². The van der Waals surface area contributed by atoms with Gasteiger partial charge in [0.15, 0.2) is 0 Å². The zero-order valence-electron chi connectivity index (χ0n) is 40.9. The molecule has 14 nitrogen and oxygen atoms in total. The lowest BCUT2D eigenvalue weighted by molar-refractivity contribution is -0.139. The van der Waals surface area contributed by atoms with E-state index in [1.54, 1.807) is 97.1 Å². The lowest BCUT2D eigenvalue weighted by atomic mass is 10.1. The van der Waals surface area contributed by atoms with Crippen LogP contribution in [0.2, 0.25) is 20.1 Å². The third-order valence-corrected chi connectivity index (χ3v) is 12.2. The third-order valence-electron chi connectivity index (χ3n) is 10.7. The molecule has 4 N–H and O–H groups in total. The Morgan fingerprint density at radius 2 is 0.714 bits per heavy atom. The molecule has 0 aliphatic heterocycles. The molecule has 7 aromatic rings. The van der Waals surface area contributed by atoms with E-state index >= 15 is 0 Å². The monoisotopic (exact) mass is 1150 g/mol. The Hall–Kier alpha value is -7.86. The first kappa shape index (κ1) is 61.7. The lowest BCUT2D eigenvalue weighted by Crippen LogP contribution is -2.43. The van der Waals surface area contributed by atoms with E-state index in [0.717, 1.165) is 27.6 Å². The first-order valence-electron chi connectivity index (χ1n) is 22.7. The molecule has 7 rings (SSSR count). The van der Waals surface area contributed by atoms with Gasteiger partial charge in [-0.15, -0.1) is 11.6 Å². The zero-order chi connectivity index (χ0) is 56.9. The maximum atomic E-state index is 13.3. The van der Waals surface area contributed by atoms with Crippen LogP contribution >= 0.6 is 58.0 Å². The first-order chi connectivity index (χ1) is 36.6. The molecule has 0 spiro atoms. The molecule has 77 heavy (non-hydrogen) atoms. The van der Waals surface area contributed by atoms with E-state index in [0.29, 0.717) is 27.4 Å². The van der Waals surface area contributed by atoms with Crippen molar-refractivity contribution in [1.82, 2.24) is 0 Å². The summed E-state index contributed by atoms with van der Waals surface area (Å²) < 4.78 is 26.6. The number of carboxylic acids is 3. The number of para-hydroxylation sites is 1. The van der Waals surface area contributed by atoms with Crippen molar-refractivity contribution < 1.29 is 57.7 Å². The van der Waals surface area contributed by atoms with E-state index in [4.69, 9.17) is 58.0 Å². The number of halogens is 7. The van der Waals surface area contributed by atoms with Gasteiger partial charge in [-0.1, -0.05) is 119 Å². The fraction of sp³-hybridized carbons (Fsp3) is 0.125. The molecular weight excluding hydrogens is 1100 g/mol. The summed E-state index contributed by atoms with van der Waals surface area (Å²) in [7, 11) is 0. The molecule has 7 aromatic carbocycles. The van der Waals surface area contributed by atoms with Gasteiger partial charge in [-0.2, -0.15) is 0 Å². The van der Waals surface area contributed by atoms with Gasteiger partial charge in [0.1, 0.15) is 35.6 Å². The van der Waals surface area contributed by atoms with Crippen LogP contribution in [-0.4, -0.2) is 80.9 Å². The smallest absolute Gasteiger partial charge is 0.326 e. The summed E-state index contributed by atoms with van der Waals surface area (Å²) >= 11 is 28.6. The Bertz CT molecular complexity index is 2880. The molecule has 4 amide bonds. The molecule has 0 aromatic heterocycles. The standard InChI is InChI=1S/C16H13Cl2NO3.2C16H13ClFNO3.C8H8ClNO/c1-10(16(21)22)19(12-7-8-13(17)14(18)9-12)15(20)11-5-3-2-4-6-11;2*1-10(16(21)22)19(12-7-8-14(18)13(17)9-12)15(20)11-5-3-2-4-6-11;9-6-8(11)10-7-4-2-1-3-5-7/h3*2-10H,1H3,(H,21,22);1-5H,6H2,(H,10,11)/t;10-;;/m.1../s1. The molecular formula is C56H47Cl5F2N4O10. The zero-order valence-corrected chi connectivity index (χ0v) is 44.6. The fourth-order valence-electron chi connectivity index (χ4n) is 6.66. The van der Waals surface area contributed by atoms with Crippen molar-refractivity contribution in [2.24, 2.45) is 0 Å². The number of rotatable bonds is 14. The third kappa shape index (κ3) is 17.9. The molecule has 0 saturated carbocycles. The van der Waals surface area contributed by atoms with Crippen molar-refractivity contribution in [1.29, 1.82) is 0 Å². The van der Waals surface area contributed by atoms with Crippen LogP contribution in [0.3, 0.4) is 0 Å². The summed E-state index contributed by atoms with van der Waals surface area (Å²) in [5, 5.41) is 30.6. The Morgan fingerprint density at radius 3 is 0.987 bits per heavy atom. The van der Waals surface area contributed by atoms with E-state index in [-0.39, 0.29) is 38.2 Å². The van der Waals surface area contributed by atoms with Crippen LogP contribution in [0.1, 0.15) is 51.8 Å². The highest BCUT2D eigenvalue weighted by atomic mass is 35.5. The van der Waals surface area contributed by atoms with Crippen molar-refractivity contribution in [2.45, 2.75) is 38.9 Å². The van der Waals surface area contributed by atoms with E-state index < -0.39 is 65.4 Å². The number of aliphatic carboxylic acids is 3. The van der Waals surface area contributed by atoms with Gasteiger partial charge in [0.25, 0.3) is 17.7 Å². The fourth-order valence-corrected chi connectivity index (χ4v) is 7.37. The van der Waals surface area contributed by atoms with Crippen molar-refractivity contribution in [3.05, 3.63) is 224 Å². The Balaban J connectivity index is 0.000000227. The van der Waals surface area contributed by atoms with Crippen LogP contribution in [0, 0.1) is 11.6 Å². The molecule has 21 heteroatoms. The highest BCUT2D eigenvalue weighted by molar-refractivity contribution is 6.42. The summed E-state index contributed by atoms with van der Waals surface area (Å²) in [6, 6.07) is 42.7. The van der Waals surface area contributed by atoms with Gasteiger partial charge in [-0.25, -0.2) is 23.2 Å². The van der Waals surface area contributed by atoms with Crippen LogP contribution < -0.4 is 20.0 Å². The van der Waals surface area contributed by atoms with E-state index in [2.05, 4.69) is 5.32 Å². The van der Waals surface area contributed by atoms with Crippen LogP contribution in [0.15, 0.2) is 176 Å². The second-order valence-corrected chi connectivity index (χ2v) is 17.9. The predicted molar refractivity (Wildman–Crippen MR) is 296 cm³/mol. The molecule has 2 unspecified atom stereocenters. The normalized spacial score (nSPS) is 11.4. The SMILES string of the molecule is CC(C(=O)O)N(C(=O)c1ccccc1)c1ccc(Cl)c(Cl)c1.CC(C(=O)O)N(C(=O)c1ccccc1)c1ccc(F)c(Cl)c1.C[C@H](C(=O)O)N(C(=O)c1ccccc1)c1ccc(F)c(Cl)c1.O=C(CCl)Nc1ccccc1. The number of carbonyl (C=O) groups is 7. The van der Waals surface area contributed by atoms with Crippen molar-refractivity contribution in [3.8, 4) is 0 Å². The average molecular weight is 1150 g/mol. The molecule has 0 bridgehead atoms. The predicted octanol–water partition coefficient (Wildman–Crippen LogP) is 13.2.